The van der Waals surface area contributed by atoms with E-state index in [1.165, 1.54) is 4.90 Å². The summed E-state index contributed by atoms with van der Waals surface area (Å²) in [6, 6.07) is 0.0535. The number of likely N-dealkylation sites (tertiary alicyclic amines) is 1. The van der Waals surface area contributed by atoms with Crippen molar-refractivity contribution in [1.29, 1.82) is 0 Å². The summed E-state index contributed by atoms with van der Waals surface area (Å²) in [4.78, 5) is 25.2. The van der Waals surface area contributed by atoms with Gasteiger partial charge in [-0.3, -0.25) is 14.5 Å². The van der Waals surface area contributed by atoms with Crippen LogP contribution in [0.25, 0.3) is 0 Å². The summed E-state index contributed by atoms with van der Waals surface area (Å²) in [6.45, 7) is 5.83. The lowest BCUT2D eigenvalue weighted by atomic mass is 9.92. The Bertz CT molecular complexity index is 297. The second-order valence-electron chi connectivity index (χ2n) is 5.05. The van der Waals surface area contributed by atoms with Crippen molar-refractivity contribution in [2.75, 3.05) is 13.1 Å². The fraction of sp³-hybridized carbons (Fsp3) is 0.833. The summed E-state index contributed by atoms with van der Waals surface area (Å²) in [5.41, 5.74) is 0. The van der Waals surface area contributed by atoms with Gasteiger partial charge in [0.05, 0.1) is 0 Å². The highest BCUT2D eigenvalue weighted by atomic mass is 16.2. The Labute approximate surface area is 96.4 Å². The van der Waals surface area contributed by atoms with Gasteiger partial charge in [-0.1, -0.05) is 6.92 Å². The fourth-order valence-electron chi connectivity index (χ4n) is 2.74. The third kappa shape index (κ3) is 1.98. The van der Waals surface area contributed by atoms with Crippen LogP contribution in [0.2, 0.25) is 0 Å². The first kappa shape index (κ1) is 11.6. The molecule has 0 aromatic rings. The Morgan fingerprint density at radius 1 is 1.44 bits per heavy atom. The largest absolute Gasteiger partial charge is 0.316 e. The molecule has 2 fully saturated rings. The van der Waals surface area contributed by atoms with E-state index in [-0.39, 0.29) is 23.8 Å². The third-order valence-corrected chi connectivity index (χ3v) is 3.83. The lowest BCUT2D eigenvalue weighted by Crippen LogP contribution is -2.47. The zero-order valence-corrected chi connectivity index (χ0v) is 10.0. The van der Waals surface area contributed by atoms with Gasteiger partial charge in [0, 0.05) is 18.4 Å². The molecule has 90 valence electrons. The van der Waals surface area contributed by atoms with Crippen LogP contribution in [-0.4, -0.2) is 35.8 Å². The van der Waals surface area contributed by atoms with Gasteiger partial charge in [-0.15, -0.1) is 0 Å². The number of amides is 2. The quantitative estimate of drug-likeness (QED) is 0.705. The second-order valence-corrected chi connectivity index (χ2v) is 5.05. The number of imide groups is 1. The van der Waals surface area contributed by atoms with E-state index in [2.05, 4.69) is 5.32 Å². The number of rotatable bonds is 2. The van der Waals surface area contributed by atoms with E-state index in [1.54, 1.807) is 0 Å². The van der Waals surface area contributed by atoms with Crippen molar-refractivity contribution in [2.45, 2.75) is 39.2 Å². The molecule has 3 unspecified atom stereocenters. The molecule has 0 aliphatic carbocycles. The minimum absolute atomic E-state index is 0.00979. The molecule has 2 aliphatic rings. The van der Waals surface area contributed by atoms with E-state index in [0.717, 1.165) is 25.9 Å². The van der Waals surface area contributed by atoms with Gasteiger partial charge in [-0.25, -0.2) is 0 Å². The first-order valence-corrected chi connectivity index (χ1v) is 6.18. The monoisotopic (exact) mass is 224 g/mol. The zero-order valence-electron chi connectivity index (χ0n) is 10.0. The zero-order chi connectivity index (χ0) is 11.7. The first-order chi connectivity index (χ1) is 7.61. The first-order valence-electron chi connectivity index (χ1n) is 6.18. The molecular formula is C12H20N2O2. The van der Waals surface area contributed by atoms with Crippen molar-refractivity contribution in [1.82, 2.24) is 10.2 Å². The number of carbonyl (C=O) groups is 2. The van der Waals surface area contributed by atoms with Crippen LogP contribution < -0.4 is 5.32 Å². The average molecular weight is 224 g/mol. The van der Waals surface area contributed by atoms with Crippen molar-refractivity contribution >= 4 is 11.8 Å². The molecule has 1 N–H and O–H groups in total. The van der Waals surface area contributed by atoms with E-state index >= 15 is 0 Å². The molecule has 0 radical (unpaired) electrons. The van der Waals surface area contributed by atoms with Gasteiger partial charge in [-0.2, -0.15) is 0 Å². The van der Waals surface area contributed by atoms with Crippen LogP contribution in [0.3, 0.4) is 0 Å². The van der Waals surface area contributed by atoms with Gasteiger partial charge in [0.15, 0.2) is 0 Å². The van der Waals surface area contributed by atoms with Gasteiger partial charge in [0.25, 0.3) is 0 Å². The SMILES string of the molecule is CC1CC(=O)N(C(C)C2CCCNC2)C1=O. The van der Waals surface area contributed by atoms with Gasteiger partial charge >= 0.3 is 0 Å². The fourth-order valence-corrected chi connectivity index (χ4v) is 2.74. The van der Waals surface area contributed by atoms with Gasteiger partial charge in [0.1, 0.15) is 0 Å². The van der Waals surface area contributed by atoms with Crippen molar-refractivity contribution in [3.05, 3.63) is 0 Å². The van der Waals surface area contributed by atoms with Crippen LogP contribution in [0.5, 0.6) is 0 Å². The van der Waals surface area contributed by atoms with Crippen LogP contribution in [0.4, 0.5) is 0 Å². The Balaban J connectivity index is 2.05. The average Bonchev–Trinajstić information content (AvgIpc) is 2.54. The molecule has 4 nitrogen and oxygen atoms in total. The van der Waals surface area contributed by atoms with Crippen LogP contribution in [0, 0.1) is 11.8 Å². The Kier molecular flexibility index (Phi) is 3.28. The molecule has 16 heavy (non-hydrogen) atoms. The summed E-state index contributed by atoms with van der Waals surface area (Å²) in [5.74, 6) is 0.331. The molecule has 2 amide bonds. The normalized spacial score (nSPS) is 33.2. The number of carbonyl (C=O) groups excluding carboxylic acids is 2. The maximum Gasteiger partial charge on any atom is 0.232 e. The number of nitrogens with one attached hydrogen (secondary N) is 1. The van der Waals surface area contributed by atoms with E-state index in [4.69, 9.17) is 0 Å². The van der Waals surface area contributed by atoms with Crippen molar-refractivity contribution < 1.29 is 9.59 Å². The van der Waals surface area contributed by atoms with Crippen molar-refractivity contribution in [2.24, 2.45) is 11.8 Å². The molecular weight excluding hydrogens is 204 g/mol. The summed E-state index contributed by atoms with van der Waals surface area (Å²) >= 11 is 0. The van der Waals surface area contributed by atoms with Crippen LogP contribution in [-0.2, 0) is 9.59 Å². The second kappa shape index (κ2) is 4.53. The molecule has 2 aliphatic heterocycles. The van der Waals surface area contributed by atoms with E-state index in [9.17, 15) is 9.59 Å². The number of piperidine rings is 1. The maximum absolute atomic E-state index is 11.9. The molecule has 0 spiro atoms. The Morgan fingerprint density at radius 3 is 2.69 bits per heavy atom. The van der Waals surface area contributed by atoms with Crippen LogP contribution >= 0.6 is 0 Å². The lowest BCUT2D eigenvalue weighted by Gasteiger charge is -2.33. The lowest BCUT2D eigenvalue weighted by molar-refractivity contribution is -0.142. The predicted molar refractivity (Wildman–Crippen MR) is 60.7 cm³/mol. The smallest absolute Gasteiger partial charge is 0.232 e. The molecule has 3 atom stereocenters. The van der Waals surface area contributed by atoms with E-state index < -0.39 is 0 Å². The Hall–Kier alpha value is -0.900. The van der Waals surface area contributed by atoms with E-state index in [1.807, 2.05) is 13.8 Å². The third-order valence-electron chi connectivity index (χ3n) is 3.83. The number of hydrogen-bond donors (Lipinski definition) is 1. The molecule has 0 aromatic heterocycles. The molecule has 2 saturated heterocycles. The minimum Gasteiger partial charge on any atom is -0.316 e. The maximum atomic E-state index is 11.9. The summed E-state index contributed by atoms with van der Waals surface area (Å²) in [7, 11) is 0. The highest BCUT2D eigenvalue weighted by Crippen LogP contribution is 2.26. The van der Waals surface area contributed by atoms with E-state index in [0.29, 0.717) is 12.3 Å². The molecule has 2 heterocycles. The summed E-state index contributed by atoms with van der Waals surface area (Å²) < 4.78 is 0. The highest BCUT2D eigenvalue weighted by molar-refractivity contribution is 6.03. The summed E-state index contributed by atoms with van der Waals surface area (Å²) in [6.07, 6.45) is 2.64. The van der Waals surface area contributed by atoms with Crippen LogP contribution in [0.1, 0.15) is 33.1 Å². The van der Waals surface area contributed by atoms with Gasteiger partial charge < -0.3 is 5.32 Å². The summed E-state index contributed by atoms with van der Waals surface area (Å²) in [5, 5.41) is 3.33. The van der Waals surface area contributed by atoms with Crippen LogP contribution in [0.15, 0.2) is 0 Å². The molecule has 4 heteroatoms. The molecule has 0 bridgehead atoms. The number of nitrogens with zero attached hydrogens (tertiary/aromatic N) is 1. The van der Waals surface area contributed by atoms with Crippen molar-refractivity contribution in [3.8, 4) is 0 Å². The number of hydrogen-bond acceptors (Lipinski definition) is 3. The van der Waals surface area contributed by atoms with Crippen molar-refractivity contribution in [3.63, 3.8) is 0 Å². The topological polar surface area (TPSA) is 49.4 Å². The highest BCUT2D eigenvalue weighted by Gasteiger charge is 2.40. The van der Waals surface area contributed by atoms with Gasteiger partial charge in [-0.05, 0) is 38.8 Å². The Morgan fingerprint density at radius 2 is 2.19 bits per heavy atom. The molecule has 2 rings (SSSR count). The molecule has 0 aromatic carbocycles. The molecule has 0 saturated carbocycles. The minimum atomic E-state index is -0.119. The predicted octanol–water partition coefficient (Wildman–Crippen LogP) is 0.769. The van der Waals surface area contributed by atoms with Gasteiger partial charge in [0.2, 0.25) is 11.8 Å². The standard InChI is InChI=1S/C12H20N2O2/c1-8-6-11(15)14(12(8)16)9(2)10-4-3-5-13-7-10/h8-10,13H,3-7H2,1-2H3.